The molecule has 0 bridgehead atoms. The average molecular weight is 392 g/mol. The van der Waals surface area contributed by atoms with Gasteiger partial charge in [0.25, 0.3) is 5.91 Å². The quantitative estimate of drug-likeness (QED) is 0.745. The minimum atomic E-state index is -0.623. The van der Waals surface area contributed by atoms with Gasteiger partial charge >= 0.3 is 5.97 Å². The number of furan rings is 1. The van der Waals surface area contributed by atoms with Crippen molar-refractivity contribution in [3.63, 3.8) is 0 Å². The molecule has 0 spiro atoms. The van der Waals surface area contributed by atoms with Crippen LogP contribution in [0, 0.1) is 0 Å². The summed E-state index contributed by atoms with van der Waals surface area (Å²) in [5.41, 5.74) is 1.49. The Bertz CT molecular complexity index is 850. The molecule has 2 aromatic rings. The average Bonchev–Trinajstić information content (AvgIpc) is 3.36. The highest BCUT2D eigenvalue weighted by molar-refractivity contribution is 6.30. The van der Waals surface area contributed by atoms with Gasteiger partial charge in [0.2, 0.25) is 0 Å². The maximum absolute atomic E-state index is 12.6. The molecule has 2 aliphatic heterocycles. The maximum Gasteiger partial charge on any atom is 0.329 e. The zero-order valence-electron chi connectivity index (χ0n) is 14.5. The lowest BCUT2D eigenvalue weighted by molar-refractivity contribution is -0.149. The molecule has 0 saturated carbocycles. The van der Waals surface area contributed by atoms with Crippen molar-refractivity contribution in [3.8, 4) is 5.75 Å². The molecule has 1 fully saturated rings. The number of halogens is 1. The van der Waals surface area contributed by atoms with Gasteiger partial charge in [0, 0.05) is 22.7 Å². The fourth-order valence-electron chi connectivity index (χ4n) is 3.41. The third-order valence-electron chi connectivity index (χ3n) is 4.64. The highest BCUT2D eigenvalue weighted by atomic mass is 35.5. The van der Waals surface area contributed by atoms with Crippen LogP contribution in [0.5, 0.6) is 5.75 Å². The van der Waals surface area contributed by atoms with Gasteiger partial charge in [0.05, 0.1) is 12.9 Å². The van der Waals surface area contributed by atoms with Crippen LogP contribution in [0.4, 0.5) is 0 Å². The van der Waals surface area contributed by atoms with Gasteiger partial charge in [-0.25, -0.2) is 4.79 Å². The summed E-state index contributed by atoms with van der Waals surface area (Å²) in [6.07, 6.45) is 2.73. The van der Waals surface area contributed by atoms with E-state index in [9.17, 15) is 9.59 Å². The minimum Gasteiger partial charge on any atom is -0.467 e. The lowest BCUT2D eigenvalue weighted by Gasteiger charge is -2.23. The van der Waals surface area contributed by atoms with E-state index in [0.29, 0.717) is 35.9 Å². The third-order valence-corrected chi connectivity index (χ3v) is 4.86. The summed E-state index contributed by atoms with van der Waals surface area (Å²) in [5, 5.41) is 0.518. The molecule has 1 atom stereocenters. The van der Waals surface area contributed by atoms with Crippen LogP contribution in [0.1, 0.15) is 34.5 Å². The highest BCUT2D eigenvalue weighted by Crippen LogP contribution is 2.32. The Morgan fingerprint density at radius 2 is 2.22 bits per heavy atom. The SMILES string of the molecule is O=C(OCc1cc(Cl)cc2c1OCOC2)[C@@H]1CCCN1C(=O)c1ccco1. The van der Waals surface area contributed by atoms with Crippen LogP contribution in [0.25, 0.3) is 0 Å². The summed E-state index contributed by atoms with van der Waals surface area (Å²) in [6.45, 7) is 1.04. The van der Waals surface area contributed by atoms with Crippen molar-refractivity contribution in [2.75, 3.05) is 13.3 Å². The molecule has 4 rings (SSSR count). The molecule has 0 unspecified atom stereocenters. The molecule has 0 N–H and O–H groups in total. The predicted octanol–water partition coefficient (Wildman–Crippen LogP) is 3.15. The topological polar surface area (TPSA) is 78.2 Å². The van der Waals surface area contributed by atoms with Gasteiger partial charge in [0.1, 0.15) is 18.4 Å². The number of likely N-dealkylation sites (tertiary alicyclic amines) is 1. The minimum absolute atomic E-state index is 0.0149. The Morgan fingerprint density at radius 3 is 3.04 bits per heavy atom. The summed E-state index contributed by atoms with van der Waals surface area (Å²) in [6, 6.07) is 6.08. The van der Waals surface area contributed by atoms with E-state index >= 15 is 0 Å². The molecule has 1 aromatic heterocycles. The Morgan fingerprint density at radius 1 is 1.33 bits per heavy atom. The Hall–Kier alpha value is -2.51. The summed E-state index contributed by atoms with van der Waals surface area (Å²) in [7, 11) is 0. The van der Waals surface area contributed by atoms with Gasteiger partial charge in [-0.3, -0.25) is 4.79 Å². The molecule has 1 amide bonds. The number of hydrogen-bond acceptors (Lipinski definition) is 6. The number of esters is 1. The van der Waals surface area contributed by atoms with E-state index in [0.717, 1.165) is 12.0 Å². The molecule has 3 heterocycles. The molecule has 1 saturated heterocycles. The Balaban J connectivity index is 1.45. The molecule has 2 aliphatic rings. The van der Waals surface area contributed by atoms with Crippen LogP contribution in [-0.4, -0.2) is 36.2 Å². The van der Waals surface area contributed by atoms with E-state index in [2.05, 4.69) is 0 Å². The fraction of sp³-hybridized carbons (Fsp3) is 0.368. The van der Waals surface area contributed by atoms with Crippen LogP contribution in [0.2, 0.25) is 5.02 Å². The number of carbonyl (C=O) groups is 2. The zero-order valence-corrected chi connectivity index (χ0v) is 15.2. The van der Waals surface area contributed by atoms with Crippen LogP contribution in [-0.2, 0) is 27.5 Å². The van der Waals surface area contributed by atoms with Crippen LogP contribution in [0.15, 0.2) is 34.9 Å². The highest BCUT2D eigenvalue weighted by Gasteiger charge is 2.36. The first-order valence-corrected chi connectivity index (χ1v) is 9.04. The second-order valence-electron chi connectivity index (χ2n) is 6.41. The van der Waals surface area contributed by atoms with Crippen LogP contribution in [0.3, 0.4) is 0 Å². The summed E-state index contributed by atoms with van der Waals surface area (Å²) >= 11 is 6.13. The van der Waals surface area contributed by atoms with Crippen molar-refractivity contribution in [2.24, 2.45) is 0 Å². The molecule has 0 aliphatic carbocycles. The van der Waals surface area contributed by atoms with Crippen molar-refractivity contribution in [2.45, 2.75) is 32.1 Å². The fourth-order valence-corrected chi connectivity index (χ4v) is 3.67. The van der Waals surface area contributed by atoms with Crippen LogP contribution >= 0.6 is 11.6 Å². The second-order valence-corrected chi connectivity index (χ2v) is 6.84. The van der Waals surface area contributed by atoms with Crippen molar-refractivity contribution in [3.05, 3.63) is 52.4 Å². The normalized spacial score (nSPS) is 18.7. The summed E-state index contributed by atoms with van der Waals surface area (Å²) in [4.78, 5) is 26.6. The number of benzene rings is 1. The molecule has 27 heavy (non-hydrogen) atoms. The molecular weight excluding hydrogens is 374 g/mol. The summed E-state index contributed by atoms with van der Waals surface area (Å²) < 4.78 is 21.4. The van der Waals surface area contributed by atoms with Crippen molar-refractivity contribution in [1.82, 2.24) is 4.90 Å². The van der Waals surface area contributed by atoms with Gasteiger partial charge in [-0.2, -0.15) is 0 Å². The zero-order chi connectivity index (χ0) is 18.8. The number of hydrogen-bond donors (Lipinski definition) is 0. The van der Waals surface area contributed by atoms with E-state index in [1.165, 1.54) is 11.2 Å². The van der Waals surface area contributed by atoms with Gasteiger partial charge in [-0.15, -0.1) is 0 Å². The Labute approximate surface area is 160 Å². The molecular formula is C19H18ClNO6. The number of fused-ring (bicyclic) bond motifs is 1. The first kappa shape index (κ1) is 17.9. The first-order valence-electron chi connectivity index (χ1n) is 8.66. The monoisotopic (exact) mass is 391 g/mol. The molecule has 1 aromatic carbocycles. The van der Waals surface area contributed by atoms with E-state index in [1.807, 2.05) is 0 Å². The second kappa shape index (κ2) is 7.62. The predicted molar refractivity (Wildman–Crippen MR) is 94.3 cm³/mol. The standard InChI is InChI=1S/C19H18ClNO6/c20-14-7-12-9-24-11-27-17(12)13(8-14)10-26-19(23)15-3-1-5-21(15)18(22)16-4-2-6-25-16/h2,4,6-8,15H,1,3,5,9-11H2/t15-/m0/s1. The van der Waals surface area contributed by atoms with Gasteiger partial charge in [-0.1, -0.05) is 11.6 Å². The number of amides is 1. The lowest BCUT2D eigenvalue weighted by Crippen LogP contribution is -2.41. The van der Waals surface area contributed by atoms with E-state index in [-0.39, 0.29) is 25.1 Å². The van der Waals surface area contributed by atoms with E-state index in [4.69, 9.17) is 30.2 Å². The van der Waals surface area contributed by atoms with Crippen molar-refractivity contribution in [1.29, 1.82) is 0 Å². The van der Waals surface area contributed by atoms with Gasteiger partial charge in [-0.05, 0) is 37.1 Å². The third kappa shape index (κ3) is 3.65. The largest absolute Gasteiger partial charge is 0.467 e. The molecule has 0 radical (unpaired) electrons. The number of rotatable bonds is 4. The Kier molecular flexibility index (Phi) is 5.05. The van der Waals surface area contributed by atoms with Gasteiger partial charge < -0.3 is 23.5 Å². The lowest BCUT2D eigenvalue weighted by atomic mass is 10.1. The van der Waals surface area contributed by atoms with E-state index in [1.54, 1.807) is 24.3 Å². The van der Waals surface area contributed by atoms with Gasteiger partial charge in [0.15, 0.2) is 12.6 Å². The number of carbonyl (C=O) groups excluding carboxylic acids is 2. The molecule has 7 nitrogen and oxygen atoms in total. The summed E-state index contributed by atoms with van der Waals surface area (Å²) in [5.74, 6) is 0.0914. The first-order chi connectivity index (χ1) is 13.1. The van der Waals surface area contributed by atoms with Crippen LogP contribution < -0.4 is 4.74 Å². The maximum atomic E-state index is 12.6. The number of ether oxygens (including phenoxy) is 3. The van der Waals surface area contributed by atoms with E-state index < -0.39 is 12.0 Å². The smallest absolute Gasteiger partial charge is 0.329 e. The molecule has 8 heteroatoms. The van der Waals surface area contributed by atoms with Crippen molar-refractivity contribution < 1.29 is 28.2 Å². The number of nitrogens with zero attached hydrogens (tertiary/aromatic N) is 1. The molecule has 142 valence electrons. The van der Waals surface area contributed by atoms with Crippen molar-refractivity contribution >= 4 is 23.5 Å².